The highest BCUT2D eigenvalue weighted by atomic mass is 16.5. The predicted molar refractivity (Wildman–Crippen MR) is 134 cm³/mol. The lowest BCUT2D eigenvalue weighted by Crippen LogP contribution is -2.53. The Labute approximate surface area is 206 Å². The van der Waals surface area contributed by atoms with E-state index in [9.17, 15) is 24.7 Å². The molecule has 2 atom stereocenters. The Morgan fingerprint density at radius 1 is 1.03 bits per heavy atom. The molecule has 1 fully saturated rings. The summed E-state index contributed by atoms with van der Waals surface area (Å²) in [7, 11) is 0. The first-order valence-corrected chi connectivity index (χ1v) is 11.5. The molecule has 2 aromatic rings. The van der Waals surface area contributed by atoms with E-state index in [1.807, 2.05) is 24.3 Å². The van der Waals surface area contributed by atoms with Gasteiger partial charge in [0.1, 0.15) is 6.04 Å². The van der Waals surface area contributed by atoms with Gasteiger partial charge in [-0.25, -0.2) is 9.86 Å². The van der Waals surface area contributed by atoms with E-state index in [1.165, 1.54) is 12.5 Å². The lowest BCUT2D eigenvalue weighted by Gasteiger charge is -2.22. The molecule has 0 aromatic heterocycles. The summed E-state index contributed by atoms with van der Waals surface area (Å²) in [6.07, 6.45) is 1.59. The van der Waals surface area contributed by atoms with Crippen molar-refractivity contribution >= 4 is 17.8 Å². The highest BCUT2D eigenvalue weighted by Gasteiger charge is 2.27. The van der Waals surface area contributed by atoms with Gasteiger partial charge in [0.25, 0.3) is 5.91 Å². The Morgan fingerprint density at radius 2 is 1.60 bits per heavy atom. The van der Waals surface area contributed by atoms with Crippen molar-refractivity contribution in [3.8, 4) is 11.1 Å². The molecule has 1 saturated carbocycles. The molecule has 0 aliphatic heterocycles. The number of rotatable bonds is 10. The number of hydrogen-bond donors (Lipinski definition) is 5. The number of benzene rings is 2. The number of carbonyl (C=O) groups is 3. The van der Waals surface area contributed by atoms with Crippen LogP contribution in [-0.4, -0.2) is 64.5 Å². The number of urea groups is 1. The molecule has 35 heavy (non-hydrogen) atoms. The summed E-state index contributed by atoms with van der Waals surface area (Å²) in [4.78, 5) is 36.9. The summed E-state index contributed by atoms with van der Waals surface area (Å²) in [6, 6.07) is 13.5. The molecular formula is C26H36N4O5. The molecule has 1 aliphatic rings. The average Bonchev–Trinajstić information content (AvgIpc) is 3.66. The fraction of sp³-hybridized carbons (Fsp3) is 0.423. The van der Waals surface area contributed by atoms with E-state index < -0.39 is 30.0 Å². The molecule has 0 saturated heterocycles. The van der Waals surface area contributed by atoms with E-state index in [0.29, 0.717) is 10.6 Å². The number of amides is 4. The zero-order valence-corrected chi connectivity index (χ0v) is 19.5. The Hall–Kier alpha value is -3.43. The summed E-state index contributed by atoms with van der Waals surface area (Å²) in [6.45, 7) is 3.32. The fourth-order valence-electron chi connectivity index (χ4n) is 3.35. The number of nitrogens with one attached hydrogen (secondary N) is 3. The van der Waals surface area contributed by atoms with Crippen molar-refractivity contribution in [3.63, 3.8) is 0 Å². The molecule has 5 N–H and O–H groups in total. The molecule has 0 bridgehead atoms. The molecule has 3 rings (SSSR count). The van der Waals surface area contributed by atoms with Crippen LogP contribution in [0.5, 0.6) is 0 Å². The maximum atomic E-state index is 12.7. The SMILES string of the molecule is C.CCc1ccc(-c2ccc(C(=O)N[C@H](C(=O)NCCN(O)C(=O)NC3CC3)[C@@H](C)O)cc2)cc1. The van der Waals surface area contributed by atoms with Gasteiger partial charge in [0, 0.05) is 18.2 Å². The minimum absolute atomic E-state index is 0. The third-order valence-corrected chi connectivity index (χ3v) is 5.66. The summed E-state index contributed by atoms with van der Waals surface area (Å²) >= 11 is 0. The van der Waals surface area contributed by atoms with Gasteiger partial charge in [0.2, 0.25) is 5.91 Å². The van der Waals surface area contributed by atoms with Gasteiger partial charge in [-0.1, -0.05) is 50.7 Å². The van der Waals surface area contributed by atoms with Gasteiger partial charge < -0.3 is 21.1 Å². The van der Waals surface area contributed by atoms with Gasteiger partial charge in [0.15, 0.2) is 0 Å². The smallest absolute Gasteiger partial charge is 0.341 e. The molecule has 2 aromatic carbocycles. The van der Waals surface area contributed by atoms with E-state index in [2.05, 4.69) is 35.0 Å². The maximum absolute atomic E-state index is 12.7. The third-order valence-electron chi connectivity index (χ3n) is 5.66. The van der Waals surface area contributed by atoms with Crippen molar-refractivity contribution in [2.75, 3.05) is 13.1 Å². The largest absolute Gasteiger partial charge is 0.391 e. The lowest BCUT2D eigenvalue weighted by molar-refractivity contribution is -0.125. The highest BCUT2D eigenvalue weighted by molar-refractivity contribution is 5.98. The molecule has 0 heterocycles. The fourth-order valence-corrected chi connectivity index (χ4v) is 3.35. The summed E-state index contributed by atoms with van der Waals surface area (Å²) < 4.78 is 0. The highest BCUT2D eigenvalue weighted by Crippen LogP contribution is 2.21. The van der Waals surface area contributed by atoms with Crippen LogP contribution < -0.4 is 16.0 Å². The van der Waals surface area contributed by atoms with Crippen molar-refractivity contribution in [2.45, 2.75) is 58.7 Å². The number of aliphatic hydroxyl groups is 1. The summed E-state index contributed by atoms with van der Waals surface area (Å²) in [5.74, 6) is -1.12. The standard InChI is InChI=1S/C25H32N4O5.CH4/c1-3-17-4-6-18(7-5-17)19-8-10-20(11-9-19)23(31)28-22(16(2)30)24(32)26-14-15-29(34)25(33)27-21-12-13-21;/h4-11,16,21-22,30,34H,3,12-15H2,1-2H3,(H,26,32)(H,27,33)(H,28,31);1H4/t16-,22+;/m1./s1. The first-order chi connectivity index (χ1) is 16.3. The molecule has 1 aliphatic carbocycles. The molecule has 0 spiro atoms. The van der Waals surface area contributed by atoms with Crippen LogP contribution in [0.25, 0.3) is 11.1 Å². The molecule has 9 nitrogen and oxygen atoms in total. The predicted octanol–water partition coefficient (Wildman–Crippen LogP) is 2.71. The van der Waals surface area contributed by atoms with Crippen molar-refractivity contribution in [3.05, 3.63) is 59.7 Å². The molecule has 4 amide bonds. The molecule has 0 unspecified atom stereocenters. The van der Waals surface area contributed by atoms with Crippen LogP contribution in [0.1, 0.15) is 50.0 Å². The second-order valence-electron chi connectivity index (χ2n) is 8.46. The topological polar surface area (TPSA) is 131 Å². The Bertz CT molecular complexity index is 988. The average molecular weight is 485 g/mol. The van der Waals surface area contributed by atoms with Crippen LogP contribution in [0.15, 0.2) is 48.5 Å². The first kappa shape index (κ1) is 27.8. The normalized spacial score (nSPS) is 14.2. The van der Waals surface area contributed by atoms with Crippen LogP contribution in [0.4, 0.5) is 4.79 Å². The number of hydroxylamine groups is 2. The summed E-state index contributed by atoms with van der Waals surface area (Å²) in [5, 5.41) is 27.9. The number of carbonyl (C=O) groups excluding carboxylic acids is 3. The van der Waals surface area contributed by atoms with Crippen LogP contribution in [0.3, 0.4) is 0 Å². The van der Waals surface area contributed by atoms with Crippen LogP contribution >= 0.6 is 0 Å². The molecule has 9 heteroatoms. The second-order valence-corrected chi connectivity index (χ2v) is 8.46. The van der Waals surface area contributed by atoms with Crippen LogP contribution in [0.2, 0.25) is 0 Å². The van der Waals surface area contributed by atoms with Crippen LogP contribution in [-0.2, 0) is 11.2 Å². The minimum atomic E-state index is -1.19. The molecule has 0 radical (unpaired) electrons. The minimum Gasteiger partial charge on any atom is -0.391 e. The van der Waals surface area contributed by atoms with Gasteiger partial charge in [-0.3, -0.25) is 14.8 Å². The number of nitrogens with zero attached hydrogens (tertiary/aromatic N) is 1. The van der Waals surface area contributed by atoms with E-state index in [-0.39, 0.29) is 26.6 Å². The van der Waals surface area contributed by atoms with E-state index in [1.54, 1.807) is 12.1 Å². The van der Waals surface area contributed by atoms with Gasteiger partial charge in [-0.05, 0) is 55.0 Å². The number of aliphatic hydroxyl groups excluding tert-OH is 1. The Balaban J connectivity index is 0.00000432. The zero-order chi connectivity index (χ0) is 24.7. The van der Waals surface area contributed by atoms with Crippen molar-refractivity contribution in [1.29, 1.82) is 0 Å². The first-order valence-electron chi connectivity index (χ1n) is 11.5. The monoisotopic (exact) mass is 484 g/mol. The van der Waals surface area contributed by atoms with Crippen molar-refractivity contribution in [1.82, 2.24) is 21.0 Å². The quantitative estimate of drug-likeness (QED) is 0.261. The Kier molecular flexibility index (Phi) is 10.2. The van der Waals surface area contributed by atoms with Crippen molar-refractivity contribution in [2.24, 2.45) is 0 Å². The van der Waals surface area contributed by atoms with E-state index >= 15 is 0 Å². The van der Waals surface area contributed by atoms with Crippen molar-refractivity contribution < 1.29 is 24.7 Å². The van der Waals surface area contributed by atoms with Crippen LogP contribution in [0, 0.1) is 0 Å². The second kappa shape index (κ2) is 12.9. The third kappa shape index (κ3) is 8.08. The zero-order valence-electron chi connectivity index (χ0n) is 19.5. The van der Waals surface area contributed by atoms with Gasteiger partial charge >= 0.3 is 6.03 Å². The van der Waals surface area contributed by atoms with Gasteiger partial charge in [0.05, 0.1) is 12.6 Å². The number of aryl methyl sites for hydroxylation is 1. The van der Waals surface area contributed by atoms with E-state index in [0.717, 1.165) is 30.4 Å². The Morgan fingerprint density at radius 3 is 2.11 bits per heavy atom. The number of hydrogen-bond acceptors (Lipinski definition) is 5. The maximum Gasteiger partial charge on any atom is 0.341 e. The summed E-state index contributed by atoms with van der Waals surface area (Å²) in [5.41, 5.74) is 3.60. The lowest BCUT2D eigenvalue weighted by atomic mass is 10.0. The van der Waals surface area contributed by atoms with Gasteiger partial charge in [-0.2, -0.15) is 0 Å². The van der Waals surface area contributed by atoms with E-state index in [4.69, 9.17) is 0 Å². The molecule has 190 valence electrons. The molecular weight excluding hydrogens is 448 g/mol. The van der Waals surface area contributed by atoms with Gasteiger partial charge in [-0.15, -0.1) is 0 Å².